The molecule has 0 radical (unpaired) electrons. The number of piperidine rings is 1. The first kappa shape index (κ1) is 16.5. The maximum Gasteiger partial charge on any atom is 0.163 e. The highest BCUT2D eigenvalue weighted by atomic mass is 32.1. The van der Waals surface area contributed by atoms with Crippen molar-refractivity contribution in [2.24, 2.45) is 0 Å². The maximum atomic E-state index is 10.3. The van der Waals surface area contributed by atoms with Crippen LogP contribution in [0.15, 0.2) is 16.8 Å². The van der Waals surface area contributed by atoms with Crippen molar-refractivity contribution < 1.29 is 5.11 Å². The number of aliphatic hydroxyl groups excluding tert-OH is 1. The Morgan fingerprint density at radius 1 is 1.07 bits per heavy atom. The highest BCUT2D eigenvalue weighted by molar-refractivity contribution is 7.19. The van der Waals surface area contributed by atoms with Crippen LogP contribution in [0.1, 0.15) is 49.0 Å². The molecule has 1 N–H and O–H groups in total. The largest absolute Gasteiger partial charge is 0.393 e. The Hall–Kier alpha value is -1.50. The van der Waals surface area contributed by atoms with Gasteiger partial charge in [0.1, 0.15) is 10.6 Å². The zero-order valence-corrected chi connectivity index (χ0v) is 16.9. The van der Waals surface area contributed by atoms with Crippen LogP contribution in [-0.2, 0) is 12.8 Å². The molecular weight excluding hydrogens is 374 g/mol. The van der Waals surface area contributed by atoms with E-state index in [0.29, 0.717) is 12.1 Å². The molecule has 2 aliphatic heterocycles. The van der Waals surface area contributed by atoms with Gasteiger partial charge in [-0.1, -0.05) is 0 Å². The van der Waals surface area contributed by atoms with E-state index in [1.165, 1.54) is 52.8 Å². The summed E-state index contributed by atoms with van der Waals surface area (Å²) in [5.41, 5.74) is 2.64. The van der Waals surface area contributed by atoms with Crippen molar-refractivity contribution in [1.29, 1.82) is 0 Å². The fraction of sp³-hybridized carbons (Fsp3) is 0.524. The van der Waals surface area contributed by atoms with Crippen molar-refractivity contribution in [3.05, 3.63) is 27.3 Å². The van der Waals surface area contributed by atoms with Crippen LogP contribution in [0.25, 0.3) is 21.6 Å². The second kappa shape index (κ2) is 6.26. The summed E-state index contributed by atoms with van der Waals surface area (Å²) in [5, 5.41) is 15.8. The second-order valence-electron chi connectivity index (χ2n) is 8.19. The van der Waals surface area contributed by atoms with Crippen LogP contribution in [0, 0.1) is 0 Å². The predicted octanol–water partition coefficient (Wildman–Crippen LogP) is 4.79. The molecule has 2 atom stereocenters. The first-order chi connectivity index (χ1) is 13.3. The number of anilines is 1. The standard InChI is InChI=1S/C21H23N3OS2/c25-15-9-13-5-6-14(10-15)24(13)20-18-16-3-1-2-4-17(16)27-21(18)23-19(22-20)12-7-8-26-11-12/h7-8,11,13-15,25H,1-6,9-10H2. The van der Waals surface area contributed by atoms with E-state index in [-0.39, 0.29) is 6.10 Å². The Kier molecular flexibility index (Phi) is 3.81. The third-order valence-electron chi connectivity index (χ3n) is 6.53. The molecule has 27 heavy (non-hydrogen) atoms. The number of aliphatic hydroxyl groups is 1. The summed E-state index contributed by atoms with van der Waals surface area (Å²) in [5.74, 6) is 2.02. The van der Waals surface area contributed by atoms with Crippen LogP contribution in [0.3, 0.4) is 0 Å². The van der Waals surface area contributed by atoms with Gasteiger partial charge in [0.2, 0.25) is 0 Å². The Morgan fingerprint density at radius 2 is 1.89 bits per heavy atom. The van der Waals surface area contributed by atoms with Gasteiger partial charge in [-0.3, -0.25) is 0 Å². The molecule has 4 nitrogen and oxygen atoms in total. The minimum absolute atomic E-state index is 0.149. The van der Waals surface area contributed by atoms with Gasteiger partial charge in [-0.15, -0.1) is 11.3 Å². The molecular formula is C21H23N3OS2. The number of aryl methyl sites for hydroxylation is 2. The minimum Gasteiger partial charge on any atom is -0.393 e. The van der Waals surface area contributed by atoms with E-state index in [9.17, 15) is 5.11 Å². The third kappa shape index (κ3) is 2.57. The fourth-order valence-electron chi connectivity index (χ4n) is 5.34. The molecule has 1 aliphatic carbocycles. The van der Waals surface area contributed by atoms with E-state index >= 15 is 0 Å². The van der Waals surface area contributed by atoms with E-state index < -0.39 is 0 Å². The maximum absolute atomic E-state index is 10.3. The van der Waals surface area contributed by atoms with E-state index in [1.807, 2.05) is 11.3 Å². The summed E-state index contributed by atoms with van der Waals surface area (Å²) < 4.78 is 0. The SMILES string of the molecule is OC1CC2CCC(C1)N2c1nc(-c2ccsc2)nc2sc3c(c12)CCCC3. The topological polar surface area (TPSA) is 49.2 Å². The van der Waals surface area contributed by atoms with Crippen LogP contribution >= 0.6 is 22.7 Å². The van der Waals surface area contributed by atoms with Crippen LogP contribution in [0.4, 0.5) is 5.82 Å². The number of thiophene rings is 2. The molecule has 2 saturated heterocycles. The van der Waals surface area contributed by atoms with E-state index in [2.05, 4.69) is 21.7 Å². The summed E-state index contributed by atoms with van der Waals surface area (Å²) in [6, 6.07) is 2.97. The summed E-state index contributed by atoms with van der Waals surface area (Å²) in [4.78, 5) is 15.4. The molecule has 2 bridgehead atoms. The zero-order chi connectivity index (χ0) is 18.0. The van der Waals surface area contributed by atoms with Gasteiger partial charge in [-0.05, 0) is 68.4 Å². The summed E-state index contributed by atoms with van der Waals surface area (Å²) in [6.45, 7) is 0. The summed E-state index contributed by atoms with van der Waals surface area (Å²) >= 11 is 3.59. The molecule has 0 spiro atoms. The summed E-state index contributed by atoms with van der Waals surface area (Å²) in [6.07, 6.45) is 8.87. The van der Waals surface area contributed by atoms with Gasteiger partial charge >= 0.3 is 0 Å². The van der Waals surface area contributed by atoms with Gasteiger partial charge in [0, 0.05) is 27.9 Å². The van der Waals surface area contributed by atoms with E-state index in [1.54, 1.807) is 11.3 Å². The van der Waals surface area contributed by atoms with Crippen molar-refractivity contribution in [2.75, 3.05) is 4.90 Å². The zero-order valence-electron chi connectivity index (χ0n) is 15.2. The van der Waals surface area contributed by atoms with Crippen molar-refractivity contribution in [1.82, 2.24) is 9.97 Å². The molecule has 6 rings (SSSR count). The lowest BCUT2D eigenvalue weighted by atomic mass is 9.95. The summed E-state index contributed by atoms with van der Waals surface area (Å²) in [7, 11) is 0. The van der Waals surface area contributed by atoms with Crippen molar-refractivity contribution in [3.8, 4) is 11.4 Å². The first-order valence-electron chi connectivity index (χ1n) is 10.1. The highest BCUT2D eigenvalue weighted by Gasteiger charge is 2.42. The highest BCUT2D eigenvalue weighted by Crippen LogP contribution is 2.46. The number of rotatable bonds is 2. The lowest BCUT2D eigenvalue weighted by molar-refractivity contribution is 0.126. The van der Waals surface area contributed by atoms with Gasteiger partial charge in [0.05, 0.1) is 11.5 Å². The average molecular weight is 398 g/mol. The molecule has 3 aromatic heterocycles. The van der Waals surface area contributed by atoms with Crippen LogP contribution in [0.5, 0.6) is 0 Å². The lowest BCUT2D eigenvalue weighted by Crippen LogP contribution is -2.45. The lowest BCUT2D eigenvalue weighted by Gasteiger charge is -2.38. The predicted molar refractivity (Wildman–Crippen MR) is 112 cm³/mol. The van der Waals surface area contributed by atoms with Crippen molar-refractivity contribution in [2.45, 2.75) is 69.6 Å². The molecule has 3 aromatic rings. The quantitative estimate of drug-likeness (QED) is 0.675. The van der Waals surface area contributed by atoms with E-state index in [0.717, 1.165) is 36.5 Å². The Morgan fingerprint density at radius 3 is 2.67 bits per heavy atom. The molecule has 2 fully saturated rings. The Bertz CT molecular complexity index is 983. The number of hydrogen-bond acceptors (Lipinski definition) is 6. The molecule has 2 unspecified atom stereocenters. The van der Waals surface area contributed by atoms with Crippen LogP contribution in [0.2, 0.25) is 0 Å². The van der Waals surface area contributed by atoms with Crippen molar-refractivity contribution >= 4 is 38.7 Å². The molecule has 6 heteroatoms. The second-order valence-corrected chi connectivity index (χ2v) is 10.1. The number of hydrogen-bond donors (Lipinski definition) is 1. The normalized spacial score (nSPS) is 27.3. The Balaban J connectivity index is 1.58. The third-order valence-corrected chi connectivity index (χ3v) is 8.40. The first-order valence-corrected chi connectivity index (χ1v) is 11.8. The van der Waals surface area contributed by atoms with Gasteiger partial charge in [-0.25, -0.2) is 9.97 Å². The number of nitrogens with zero attached hydrogens (tertiary/aromatic N) is 3. The van der Waals surface area contributed by atoms with Crippen LogP contribution in [-0.4, -0.2) is 33.3 Å². The number of aromatic nitrogens is 2. The molecule has 0 aromatic carbocycles. The van der Waals surface area contributed by atoms with E-state index in [4.69, 9.17) is 9.97 Å². The van der Waals surface area contributed by atoms with Gasteiger partial charge in [0.15, 0.2) is 5.82 Å². The molecule has 140 valence electrons. The van der Waals surface area contributed by atoms with Gasteiger partial charge < -0.3 is 10.0 Å². The molecule has 0 amide bonds. The monoisotopic (exact) mass is 397 g/mol. The molecule has 0 saturated carbocycles. The van der Waals surface area contributed by atoms with Gasteiger partial charge in [-0.2, -0.15) is 11.3 Å². The average Bonchev–Trinajstić information content (AvgIpc) is 3.38. The number of fused-ring (bicyclic) bond motifs is 5. The fourth-order valence-corrected chi connectivity index (χ4v) is 7.23. The molecule has 3 aliphatic rings. The van der Waals surface area contributed by atoms with Crippen molar-refractivity contribution in [3.63, 3.8) is 0 Å². The minimum atomic E-state index is -0.149. The molecule has 5 heterocycles. The van der Waals surface area contributed by atoms with Gasteiger partial charge in [0.25, 0.3) is 0 Å². The Labute approximate surface area is 166 Å². The van der Waals surface area contributed by atoms with Crippen LogP contribution < -0.4 is 4.90 Å². The smallest absolute Gasteiger partial charge is 0.163 e.